The lowest BCUT2D eigenvalue weighted by Crippen LogP contribution is -2.37. The minimum Gasteiger partial charge on any atom is -0.493 e. The number of aliphatic hydroxyl groups excluding tert-OH is 1. The molecular formula is C19H31NO4. The number of para-hydroxylation sites is 1. The van der Waals surface area contributed by atoms with Gasteiger partial charge in [0, 0.05) is 25.2 Å². The second-order valence-electron chi connectivity index (χ2n) is 6.22. The predicted molar refractivity (Wildman–Crippen MR) is 96.7 cm³/mol. The summed E-state index contributed by atoms with van der Waals surface area (Å²) in [6.45, 7) is 10.8. The van der Waals surface area contributed by atoms with Crippen molar-refractivity contribution in [2.75, 3.05) is 40.5 Å². The number of methoxy groups -OCH3 is 2. The summed E-state index contributed by atoms with van der Waals surface area (Å²) in [5.41, 5.74) is 1.04. The van der Waals surface area contributed by atoms with Crippen LogP contribution in [-0.2, 0) is 11.3 Å². The van der Waals surface area contributed by atoms with E-state index in [4.69, 9.17) is 14.2 Å². The van der Waals surface area contributed by atoms with E-state index >= 15 is 0 Å². The molecule has 0 fully saturated rings. The maximum absolute atomic E-state index is 10.2. The van der Waals surface area contributed by atoms with Gasteiger partial charge in [0.2, 0.25) is 0 Å². The molecule has 5 heteroatoms. The average molecular weight is 337 g/mol. The van der Waals surface area contributed by atoms with Gasteiger partial charge in [0.05, 0.1) is 33.5 Å². The van der Waals surface area contributed by atoms with Crippen molar-refractivity contribution in [2.24, 2.45) is 5.92 Å². The molecule has 24 heavy (non-hydrogen) atoms. The zero-order chi connectivity index (χ0) is 17.9. The Morgan fingerprint density at radius 1 is 1.21 bits per heavy atom. The second kappa shape index (κ2) is 11.1. The number of hydrogen-bond acceptors (Lipinski definition) is 5. The van der Waals surface area contributed by atoms with Crippen molar-refractivity contribution in [3.8, 4) is 11.5 Å². The van der Waals surface area contributed by atoms with Crippen molar-refractivity contribution in [3.63, 3.8) is 0 Å². The molecule has 0 heterocycles. The van der Waals surface area contributed by atoms with Crippen LogP contribution in [0.5, 0.6) is 11.5 Å². The highest BCUT2D eigenvalue weighted by atomic mass is 16.5. The van der Waals surface area contributed by atoms with Crippen LogP contribution in [0.2, 0.25) is 0 Å². The molecule has 1 unspecified atom stereocenters. The molecule has 1 N–H and O–H groups in total. The van der Waals surface area contributed by atoms with E-state index in [9.17, 15) is 5.11 Å². The Morgan fingerprint density at radius 2 is 1.96 bits per heavy atom. The third-order valence-corrected chi connectivity index (χ3v) is 3.52. The molecule has 0 aliphatic heterocycles. The van der Waals surface area contributed by atoms with Crippen molar-refractivity contribution < 1.29 is 19.3 Å². The molecule has 0 spiro atoms. The molecule has 1 atom stereocenters. The zero-order valence-corrected chi connectivity index (χ0v) is 15.3. The first-order valence-electron chi connectivity index (χ1n) is 8.30. The molecule has 1 rings (SSSR count). The van der Waals surface area contributed by atoms with Crippen molar-refractivity contribution in [3.05, 3.63) is 36.4 Å². The highest BCUT2D eigenvalue weighted by molar-refractivity contribution is 5.46. The van der Waals surface area contributed by atoms with Crippen LogP contribution in [0.1, 0.15) is 19.4 Å². The van der Waals surface area contributed by atoms with Crippen LogP contribution in [0.15, 0.2) is 30.9 Å². The van der Waals surface area contributed by atoms with Gasteiger partial charge in [0.15, 0.2) is 11.5 Å². The Kier molecular flexibility index (Phi) is 9.45. The van der Waals surface area contributed by atoms with Gasteiger partial charge in [-0.15, -0.1) is 6.58 Å². The predicted octanol–water partition coefficient (Wildman–Crippen LogP) is 2.73. The van der Waals surface area contributed by atoms with E-state index in [1.807, 2.05) is 18.2 Å². The standard InChI is InChI=1S/C19H31NO4/c1-6-10-24-14-17(21)13-20(11-15(2)3)12-16-8-7-9-18(22-4)19(16)23-5/h6-9,15,17,21H,1,10-14H2,2-5H3. The largest absolute Gasteiger partial charge is 0.493 e. The topological polar surface area (TPSA) is 51.2 Å². The van der Waals surface area contributed by atoms with Gasteiger partial charge in [-0.2, -0.15) is 0 Å². The molecule has 0 aliphatic carbocycles. The van der Waals surface area contributed by atoms with Crippen LogP contribution < -0.4 is 9.47 Å². The SMILES string of the molecule is C=CCOCC(O)CN(Cc1cccc(OC)c1OC)CC(C)C. The first-order valence-corrected chi connectivity index (χ1v) is 8.30. The minimum atomic E-state index is -0.541. The summed E-state index contributed by atoms with van der Waals surface area (Å²) in [5, 5.41) is 10.2. The summed E-state index contributed by atoms with van der Waals surface area (Å²) >= 11 is 0. The summed E-state index contributed by atoms with van der Waals surface area (Å²) in [6, 6.07) is 5.86. The fraction of sp³-hybridized carbons (Fsp3) is 0.579. The lowest BCUT2D eigenvalue weighted by molar-refractivity contribution is 0.0222. The highest BCUT2D eigenvalue weighted by Gasteiger charge is 2.17. The molecule has 0 radical (unpaired) electrons. The number of aliphatic hydroxyl groups is 1. The van der Waals surface area contributed by atoms with E-state index < -0.39 is 6.10 Å². The van der Waals surface area contributed by atoms with Gasteiger partial charge in [-0.3, -0.25) is 4.90 Å². The van der Waals surface area contributed by atoms with E-state index in [2.05, 4.69) is 25.3 Å². The quantitative estimate of drug-likeness (QED) is 0.469. The normalized spacial score (nSPS) is 12.5. The zero-order valence-electron chi connectivity index (χ0n) is 15.3. The Hall–Kier alpha value is -1.56. The van der Waals surface area contributed by atoms with Gasteiger partial charge in [-0.1, -0.05) is 32.1 Å². The average Bonchev–Trinajstić information content (AvgIpc) is 2.54. The summed E-state index contributed by atoms with van der Waals surface area (Å²) in [6.07, 6.45) is 1.14. The van der Waals surface area contributed by atoms with Crippen LogP contribution in [0.4, 0.5) is 0 Å². The molecular weight excluding hydrogens is 306 g/mol. The van der Waals surface area contributed by atoms with Gasteiger partial charge in [-0.25, -0.2) is 0 Å². The number of rotatable bonds is 12. The van der Waals surface area contributed by atoms with E-state index in [1.54, 1.807) is 20.3 Å². The summed E-state index contributed by atoms with van der Waals surface area (Å²) in [7, 11) is 3.28. The fourth-order valence-electron chi connectivity index (χ4n) is 2.68. The maximum Gasteiger partial charge on any atom is 0.165 e. The number of benzene rings is 1. The van der Waals surface area contributed by atoms with Crippen LogP contribution >= 0.6 is 0 Å². The molecule has 1 aromatic carbocycles. The molecule has 0 saturated heterocycles. The maximum atomic E-state index is 10.2. The van der Waals surface area contributed by atoms with Crippen LogP contribution in [-0.4, -0.2) is 56.6 Å². The Labute approximate surface area is 145 Å². The van der Waals surface area contributed by atoms with Gasteiger partial charge in [-0.05, 0) is 12.0 Å². The molecule has 0 amide bonds. The van der Waals surface area contributed by atoms with Crippen molar-refractivity contribution >= 4 is 0 Å². The van der Waals surface area contributed by atoms with Crippen LogP contribution in [0.3, 0.4) is 0 Å². The highest BCUT2D eigenvalue weighted by Crippen LogP contribution is 2.31. The van der Waals surface area contributed by atoms with E-state index in [1.165, 1.54) is 0 Å². The molecule has 0 bridgehead atoms. The van der Waals surface area contributed by atoms with Gasteiger partial charge in [0.25, 0.3) is 0 Å². The molecule has 0 aliphatic rings. The molecule has 0 saturated carbocycles. The second-order valence-corrected chi connectivity index (χ2v) is 6.22. The third kappa shape index (κ3) is 6.91. The molecule has 1 aromatic rings. The monoisotopic (exact) mass is 337 g/mol. The third-order valence-electron chi connectivity index (χ3n) is 3.52. The van der Waals surface area contributed by atoms with E-state index in [0.29, 0.717) is 32.2 Å². The van der Waals surface area contributed by atoms with Crippen molar-refractivity contribution in [2.45, 2.75) is 26.5 Å². The smallest absolute Gasteiger partial charge is 0.165 e. The first-order chi connectivity index (χ1) is 11.5. The lowest BCUT2D eigenvalue weighted by atomic mass is 10.1. The summed E-state index contributed by atoms with van der Waals surface area (Å²) in [4.78, 5) is 2.21. The summed E-state index contributed by atoms with van der Waals surface area (Å²) in [5.74, 6) is 1.95. The number of ether oxygens (including phenoxy) is 3. The van der Waals surface area contributed by atoms with E-state index in [-0.39, 0.29) is 0 Å². The van der Waals surface area contributed by atoms with E-state index in [0.717, 1.165) is 23.6 Å². The van der Waals surface area contributed by atoms with Crippen molar-refractivity contribution in [1.82, 2.24) is 4.90 Å². The van der Waals surface area contributed by atoms with Crippen LogP contribution in [0, 0.1) is 5.92 Å². The van der Waals surface area contributed by atoms with Gasteiger partial charge >= 0.3 is 0 Å². The van der Waals surface area contributed by atoms with Gasteiger partial charge < -0.3 is 19.3 Å². The Bertz CT molecular complexity index is 490. The Balaban J connectivity index is 2.80. The van der Waals surface area contributed by atoms with Gasteiger partial charge in [0.1, 0.15) is 0 Å². The molecule has 136 valence electrons. The minimum absolute atomic E-state index is 0.301. The molecule has 5 nitrogen and oxygen atoms in total. The number of hydrogen-bond donors (Lipinski definition) is 1. The lowest BCUT2D eigenvalue weighted by Gasteiger charge is -2.27. The first kappa shape index (κ1) is 20.5. The number of nitrogens with zero attached hydrogens (tertiary/aromatic N) is 1. The fourth-order valence-corrected chi connectivity index (χ4v) is 2.68. The van der Waals surface area contributed by atoms with Crippen molar-refractivity contribution in [1.29, 1.82) is 0 Å². The van der Waals surface area contributed by atoms with Crippen LogP contribution in [0.25, 0.3) is 0 Å². The molecule has 0 aromatic heterocycles. The Morgan fingerprint density at radius 3 is 2.54 bits per heavy atom. The summed E-state index contributed by atoms with van der Waals surface area (Å²) < 4.78 is 16.2.